The molecule has 1 heterocycles. The van der Waals surface area contributed by atoms with Crippen LogP contribution in [-0.4, -0.2) is 29.7 Å². The highest BCUT2D eigenvalue weighted by atomic mass is 35.5. The van der Waals surface area contributed by atoms with E-state index in [1.54, 1.807) is 31.2 Å². The molecule has 8 heteroatoms. The molecular formula is C18H19ClN2O5. The first-order chi connectivity index (χ1) is 12.3. The van der Waals surface area contributed by atoms with Crippen molar-refractivity contribution in [3.05, 3.63) is 57.5 Å². The summed E-state index contributed by atoms with van der Waals surface area (Å²) in [4.78, 5) is 35.8. The number of rotatable bonds is 6. The minimum atomic E-state index is -1.05. The summed E-state index contributed by atoms with van der Waals surface area (Å²) in [6.07, 6.45) is 0.415. The number of nitrogens with zero attached hydrogens (tertiary/aromatic N) is 1. The number of ether oxygens (including phenoxy) is 2. The molecule has 26 heavy (non-hydrogen) atoms. The van der Waals surface area contributed by atoms with Crippen LogP contribution in [0, 0.1) is 6.92 Å². The van der Waals surface area contributed by atoms with Gasteiger partial charge in [0.15, 0.2) is 6.10 Å². The number of benzene rings is 1. The fourth-order valence-corrected chi connectivity index (χ4v) is 2.34. The quantitative estimate of drug-likeness (QED) is 0.780. The highest BCUT2D eigenvalue weighted by molar-refractivity contribution is 6.31. The number of hydrogen-bond donors (Lipinski definition) is 1. The Balaban J connectivity index is 2.02. The highest BCUT2D eigenvalue weighted by Crippen LogP contribution is 2.31. The third kappa shape index (κ3) is 4.86. The lowest BCUT2D eigenvalue weighted by Gasteiger charge is -2.16. The number of carbonyl (C=O) groups excluding carboxylic acids is 2. The Morgan fingerprint density at radius 3 is 2.69 bits per heavy atom. The van der Waals surface area contributed by atoms with Gasteiger partial charge >= 0.3 is 5.97 Å². The number of carbonyl (C=O) groups is 2. The number of anilines is 1. The molecule has 138 valence electrons. The lowest BCUT2D eigenvalue weighted by Crippen LogP contribution is -2.32. The maximum Gasteiger partial charge on any atom is 0.326 e. The third-order valence-electron chi connectivity index (χ3n) is 3.61. The van der Waals surface area contributed by atoms with E-state index in [-0.39, 0.29) is 12.1 Å². The van der Waals surface area contributed by atoms with E-state index in [1.807, 2.05) is 0 Å². The van der Waals surface area contributed by atoms with Crippen LogP contribution >= 0.6 is 11.6 Å². The van der Waals surface area contributed by atoms with Gasteiger partial charge in [-0.25, -0.2) is 0 Å². The van der Waals surface area contributed by atoms with Crippen molar-refractivity contribution in [3.63, 3.8) is 0 Å². The van der Waals surface area contributed by atoms with Gasteiger partial charge in [-0.3, -0.25) is 14.4 Å². The van der Waals surface area contributed by atoms with Gasteiger partial charge in [0.2, 0.25) is 0 Å². The summed E-state index contributed by atoms with van der Waals surface area (Å²) in [5.74, 6) is -0.831. The van der Waals surface area contributed by atoms with Gasteiger partial charge in [0.05, 0.1) is 12.8 Å². The summed E-state index contributed by atoms with van der Waals surface area (Å²) in [5.41, 5.74) is 0.848. The van der Waals surface area contributed by atoms with Gasteiger partial charge in [-0.1, -0.05) is 17.7 Å². The predicted octanol–water partition coefficient (Wildman–Crippen LogP) is 2.39. The van der Waals surface area contributed by atoms with Crippen molar-refractivity contribution in [3.8, 4) is 5.75 Å². The third-order valence-corrected chi connectivity index (χ3v) is 4.02. The molecule has 1 aromatic carbocycles. The molecule has 0 saturated heterocycles. The van der Waals surface area contributed by atoms with E-state index in [0.29, 0.717) is 16.5 Å². The fourth-order valence-electron chi connectivity index (χ4n) is 2.18. The number of nitrogens with one attached hydrogen (secondary N) is 1. The van der Waals surface area contributed by atoms with Crippen LogP contribution in [0.2, 0.25) is 5.02 Å². The maximum absolute atomic E-state index is 12.3. The smallest absolute Gasteiger partial charge is 0.326 e. The molecular weight excluding hydrogens is 360 g/mol. The summed E-state index contributed by atoms with van der Waals surface area (Å²) in [6, 6.07) is 7.78. The number of pyridine rings is 1. The van der Waals surface area contributed by atoms with E-state index in [1.165, 1.54) is 30.9 Å². The molecule has 0 fully saturated rings. The van der Waals surface area contributed by atoms with E-state index in [2.05, 4.69) is 5.32 Å². The second-order valence-electron chi connectivity index (χ2n) is 5.59. The van der Waals surface area contributed by atoms with E-state index < -0.39 is 18.0 Å². The molecule has 1 atom stereocenters. The molecule has 0 aliphatic carbocycles. The lowest BCUT2D eigenvalue weighted by molar-refractivity contribution is -0.153. The van der Waals surface area contributed by atoms with Crippen molar-refractivity contribution in [2.75, 3.05) is 12.4 Å². The van der Waals surface area contributed by atoms with Gasteiger partial charge in [-0.15, -0.1) is 0 Å². The van der Waals surface area contributed by atoms with Crippen LogP contribution in [0.4, 0.5) is 5.69 Å². The SMILES string of the molecule is COc1cc(Cl)c(C)cc1NC(=O)[C@@H](C)OC(=O)Cn1ccccc1=O. The zero-order valence-corrected chi connectivity index (χ0v) is 15.4. The van der Waals surface area contributed by atoms with Crippen molar-refractivity contribution >= 4 is 29.2 Å². The van der Waals surface area contributed by atoms with Gasteiger partial charge in [0, 0.05) is 23.4 Å². The van der Waals surface area contributed by atoms with E-state index in [4.69, 9.17) is 21.1 Å². The second kappa shape index (κ2) is 8.53. The van der Waals surface area contributed by atoms with Gasteiger partial charge in [0.25, 0.3) is 11.5 Å². The summed E-state index contributed by atoms with van der Waals surface area (Å²) in [5, 5.41) is 3.15. The van der Waals surface area contributed by atoms with E-state index in [0.717, 1.165) is 5.56 Å². The van der Waals surface area contributed by atoms with Crippen LogP contribution in [0.25, 0.3) is 0 Å². The Bertz CT molecular complexity index is 878. The number of esters is 1. The van der Waals surface area contributed by atoms with Crippen molar-refractivity contribution in [1.82, 2.24) is 4.57 Å². The summed E-state index contributed by atoms with van der Waals surface area (Å²) >= 11 is 6.03. The van der Waals surface area contributed by atoms with Crippen LogP contribution in [0.1, 0.15) is 12.5 Å². The van der Waals surface area contributed by atoms with Crippen LogP contribution < -0.4 is 15.6 Å². The summed E-state index contributed by atoms with van der Waals surface area (Å²) in [6.45, 7) is 2.95. The van der Waals surface area contributed by atoms with Gasteiger partial charge < -0.3 is 19.4 Å². The number of amides is 1. The monoisotopic (exact) mass is 378 g/mol. The van der Waals surface area contributed by atoms with Crippen LogP contribution in [0.3, 0.4) is 0 Å². The Morgan fingerprint density at radius 1 is 1.31 bits per heavy atom. The van der Waals surface area contributed by atoms with Crippen LogP contribution in [-0.2, 0) is 20.9 Å². The molecule has 0 unspecified atom stereocenters. The average Bonchev–Trinajstić information content (AvgIpc) is 2.59. The van der Waals surface area contributed by atoms with Crippen molar-refractivity contribution < 1.29 is 19.1 Å². The Hall–Kier alpha value is -2.80. The molecule has 1 amide bonds. The van der Waals surface area contributed by atoms with Crippen molar-refractivity contribution in [2.24, 2.45) is 0 Å². The molecule has 2 aromatic rings. The zero-order valence-electron chi connectivity index (χ0n) is 14.6. The van der Waals surface area contributed by atoms with Crippen molar-refractivity contribution in [2.45, 2.75) is 26.5 Å². The zero-order chi connectivity index (χ0) is 19.3. The summed E-state index contributed by atoms with van der Waals surface area (Å²) in [7, 11) is 1.46. The first-order valence-electron chi connectivity index (χ1n) is 7.81. The molecule has 0 spiro atoms. The molecule has 7 nitrogen and oxygen atoms in total. The number of hydrogen-bond acceptors (Lipinski definition) is 5. The maximum atomic E-state index is 12.3. The minimum absolute atomic E-state index is 0.277. The van der Waals surface area contributed by atoms with Gasteiger partial charge in [-0.2, -0.15) is 0 Å². The van der Waals surface area contributed by atoms with E-state index >= 15 is 0 Å². The largest absolute Gasteiger partial charge is 0.495 e. The molecule has 0 saturated carbocycles. The predicted molar refractivity (Wildman–Crippen MR) is 97.6 cm³/mol. The fraction of sp³-hybridized carbons (Fsp3) is 0.278. The standard InChI is InChI=1S/C18H19ClN2O5/c1-11-8-14(15(25-3)9-13(11)19)20-18(24)12(2)26-17(23)10-21-7-5-4-6-16(21)22/h4-9,12H,10H2,1-3H3,(H,20,24)/t12-/m1/s1. The molecule has 0 bridgehead atoms. The first-order valence-corrected chi connectivity index (χ1v) is 8.19. The Kier molecular flexibility index (Phi) is 6.41. The van der Waals surface area contributed by atoms with Gasteiger partial charge in [-0.05, 0) is 31.5 Å². The molecule has 0 aliphatic rings. The number of methoxy groups -OCH3 is 1. The summed E-state index contributed by atoms with van der Waals surface area (Å²) < 4.78 is 11.5. The molecule has 2 rings (SSSR count). The minimum Gasteiger partial charge on any atom is -0.495 e. The highest BCUT2D eigenvalue weighted by Gasteiger charge is 2.20. The molecule has 0 aliphatic heterocycles. The molecule has 1 aromatic heterocycles. The first kappa shape index (κ1) is 19.5. The van der Waals surface area contributed by atoms with Gasteiger partial charge in [0.1, 0.15) is 12.3 Å². The van der Waals surface area contributed by atoms with Crippen molar-refractivity contribution in [1.29, 1.82) is 0 Å². The van der Waals surface area contributed by atoms with Crippen LogP contribution in [0.15, 0.2) is 41.3 Å². The molecule has 0 radical (unpaired) electrons. The Morgan fingerprint density at radius 2 is 2.04 bits per heavy atom. The number of aryl methyl sites for hydroxylation is 1. The topological polar surface area (TPSA) is 86.6 Å². The van der Waals surface area contributed by atoms with Crippen LogP contribution in [0.5, 0.6) is 5.75 Å². The van der Waals surface area contributed by atoms with E-state index in [9.17, 15) is 14.4 Å². The normalized spacial score (nSPS) is 11.5. The molecule has 1 N–H and O–H groups in total. The number of aromatic nitrogens is 1. The Labute approximate surface area is 155 Å². The number of halogens is 1. The second-order valence-corrected chi connectivity index (χ2v) is 6.00. The lowest BCUT2D eigenvalue weighted by atomic mass is 10.2. The average molecular weight is 379 g/mol.